The number of hydrogen-bond acceptors (Lipinski definition) is 7. The van der Waals surface area contributed by atoms with E-state index in [0.717, 1.165) is 7.11 Å². The van der Waals surface area contributed by atoms with Crippen molar-refractivity contribution in [1.29, 1.82) is 0 Å². The number of para-hydroxylation sites is 1. The highest BCUT2D eigenvalue weighted by atomic mass is 32.2. The zero-order chi connectivity index (χ0) is 18.7. The summed E-state index contributed by atoms with van der Waals surface area (Å²) in [4.78, 5) is 10.8. The molecule has 0 spiro atoms. The molecule has 3 atom stereocenters. The molecule has 0 bridgehead atoms. The number of ether oxygens (including phenoxy) is 2. The summed E-state index contributed by atoms with van der Waals surface area (Å²) in [5.41, 5.74) is 0.645. The summed E-state index contributed by atoms with van der Waals surface area (Å²) in [6.45, 7) is 0. The fourth-order valence-electron chi connectivity index (χ4n) is 2.62. The number of hydrogen-bond donors (Lipinski definition) is 1. The second kappa shape index (κ2) is 7.48. The van der Waals surface area contributed by atoms with Crippen LogP contribution in [0.2, 0.25) is 0 Å². The molecule has 3 unspecified atom stereocenters. The lowest BCUT2D eigenvalue weighted by Crippen LogP contribution is -2.38. The zero-order valence-electron chi connectivity index (χ0n) is 13.6. The van der Waals surface area contributed by atoms with E-state index in [2.05, 4.69) is 8.91 Å². The van der Waals surface area contributed by atoms with Crippen molar-refractivity contribution in [3.05, 3.63) is 75.8 Å². The van der Waals surface area contributed by atoms with Gasteiger partial charge in [0.15, 0.2) is 12.5 Å². The lowest BCUT2D eigenvalue weighted by atomic mass is 10.1. The Hall–Kier alpha value is -2.37. The van der Waals surface area contributed by atoms with Crippen molar-refractivity contribution < 1.29 is 27.0 Å². The standard InChI is InChI=1S/C16H16N2O7S/c1-23-26(21,22)17-15-14(12-9-5-6-10-13(12)18(19)20)24-16(25-15)11-7-3-2-4-8-11/h2-10,14-17H,1H3. The zero-order valence-corrected chi connectivity index (χ0v) is 14.5. The molecule has 2 aromatic rings. The topological polar surface area (TPSA) is 117 Å². The molecule has 10 heteroatoms. The molecule has 1 saturated heterocycles. The molecule has 0 aromatic heterocycles. The van der Waals surface area contributed by atoms with E-state index < -0.39 is 33.8 Å². The van der Waals surface area contributed by atoms with Crippen LogP contribution >= 0.6 is 0 Å². The third-order valence-corrected chi connectivity index (χ3v) is 4.77. The molecule has 0 saturated carbocycles. The maximum atomic E-state index is 11.8. The molecule has 0 aliphatic carbocycles. The first kappa shape index (κ1) is 18.4. The molecule has 0 radical (unpaired) electrons. The first-order valence-electron chi connectivity index (χ1n) is 7.58. The Balaban J connectivity index is 1.98. The third kappa shape index (κ3) is 3.89. The Morgan fingerprint density at radius 1 is 1.08 bits per heavy atom. The van der Waals surface area contributed by atoms with Crippen LogP contribution in [0.25, 0.3) is 0 Å². The van der Waals surface area contributed by atoms with E-state index in [0.29, 0.717) is 5.56 Å². The summed E-state index contributed by atoms with van der Waals surface area (Å²) in [6.07, 6.45) is -3.14. The third-order valence-electron chi connectivity index (χ3n) is 3.81. The monoisotopic (exact) mass is 380 g/mol. The van der Waals surface area contributed by atoms with Gasteiger partial charge in [-0.05, 0) is 6.07 Å². The van der Waals surface area contributed by atoms with Crippen LogP contribution in [0.5, 0.6) is 0 Å². The van der Waals surface area contributed by atoms with Crippen molar-refractivity contribution in [3.63, 3.8) is 0 Å². The lowest BCUT2D eigenvalue weighted by molar-refractivity contribution is -0.386. The molecule has 0 amide bonds. The minimum Gasteiger partial charge on any atom is -0.336 e. The molecule has 3 rings (SSSR count). The van der Waals surface area contributed by atoms with Gasteiger partial charge < -0.3 is 9.47 Å². The van der Waals surface area contributed by atoms with Gasteiger partial charge in [0, 0.05) is 11.6 Å². The van der Waals surface area contributed by atoms with Crippen molar-refractivity contribution in [1.82, 2.24) is 4.72 Å². The van der Waals surface area contributed by atoms with Gasteiger partial charge in [0.1, 0.15) is 6.10 Å². The van der Waals surface area contributed by atoms with Gasteiger partial charge in [0.2, 0.25) is 0 Å². The summed E-state index contributed by atoms with van der Waals surface area (Å²) < 4.78 is 41.7. The number of nitrogens with one attached hydrogen (secondary N) is 1. The highest BCUT2D eigenvalue weighted by Crippen LogP contribution is 2.41. The van der Waals surface area contributed by atoms with Gasteiger partial charge >= 0.3 is 10.3 Å². The maximum absolute atomic E-state index is 11.8. The van der Waals surface area contributed by atoms with Crippen LogP contribution in [-0.4, -0.2) is 26.7 Å². The van der Waals surface area contributed by atoms with E-state index in [4.69, 9.17) is 9.47 Å². The first-order chi connectivity index (χ1) is 12.4. The van der Waals surface area contributed by atoms with Crippen LogP contribution in [0, 0.1) is 10.1 Å². The smallest absolute Gasteiger partial charge is 0.336 e. The summed E-state index contributed by atoms with van der Waals surface area (Å²) in [7, 11) is -3.11. The molecular weight excluding hydrogens is 364 g/mol. The van der Waals surface area contributed by atoms with Gasteiger partial charge in [-0.3, -0.25) is 14.3 Å². The van der Waals surface area contributed by atoms with E-state index in [1.165, 1.54) is 18.2 Å². The van der Waals surface area contributed by atoms with E-state index in [9.17, 15) is 18.5 Å². The van der Waals surface area contributed by atoms with Crippen LogP contribution in [0.3, 0.4) is 0 Å². The number of benzene rings is 2. The predicted molar refractivity (Wildman–Crippen MR) is 90.0 cm³/mol. The largest absolute Gasteiger partial charge is 0.337 e. The predicted octanol–water partition coefficient (Wildman–Crippen LogP) is 2.19. The van der Waals surface area contributed by atoms with Crippen LogP contribution in [0.1, 0.15) is 23.5 Å². The quantitative estimate of drug-likeness (QED) is 0.603. The summed E-state index contributed by atoms with van der Waals surface area (Å²) in [5.74, 6) is 0. The Kier molecular flexibility index (Phi) is 5.30. The van der Waals surface area contributed by atoms with Crippen molar-refractivity contribution in [2.45, 2.75) is 18.6 Å². The molecule has 1 aliphatic rings. The fourth-order valence-corrected chi connectivity index (χ4v) is 3.18. The van der Waals surface area contributed by atoms with Crippen LogP contribution in [0.15, 0.2) is 54.6 Å². The molecule has 138 valence electrons. The minimum atomic E-state index is -4.11. The summed E-state index contributed by atoms with van der Waals surface area (Å²) in [5, 5.41) is 11.3. The Bertz CT molecular complexity index is 888. The van der Waals surface area contributed by atoms with Gasteiger partial charge in [-0.15, -0.1) is 0 Å². The van der Waals surface area contributed by atoms with Crippen molar-refractivity contribution >= 4 is 16.0 Å². The number of rotatable bonds is 6. The Morgan fingerprint density at radius 2 is 1.73 bits per heavy atom. The summed E-state index contributed by atoms with van der Waals surface area (Å²) >= 11 is 0. The normalized spacial score (nSPS) is 23.0. The fraction of sp³-hybridized carbons (Fsp3) is 0.250. The Labute approximate surface area is 149 Å². The van der Waals surface area contributed by atoms with Crippen molar-refractivity contribution in [2.75, 3.05) is 7.11 Å². The van der Waals surface area contributed by atoms with E-state index in [1.54, 1.807) is 30.3 Å². The van der Waals surface area contributed by atoms with E-state index in [1.807, 2.05) is 6.07 Å². The molecule has 1 aliphatic heterocycles. The molecule has 1 heterocycles. The second-order valence-corrected chi connectivity index (χ2v) is 6.89. The van der Waals surface area contributed by atoms with Gasteiger partial charge in [0.25, 0.3) is 5.69 Å². The van der Waals surface area contributed by atoms with Gasteiger partial charge in [-0.2, -0.15) is 13.1 Å². The highest BCUT2D eigenvalue weighted by Gasteiger charge is 2.42. The van der Waals surface area contributed by atoms with E-state index >= 15 is 0 Å². The number of nitro groups is 1. The molecule has 2 aromatic carbocycles. The molecule has 1 fully saturated rings. The number of nitrogens with zero attached hydrogens (tertiary/aromatic N) is 1. The highest BCUT2D eigenvalue weighted by molar-refractivity contribution is 7.84. The lowest BCUT2D eigenvalue weighted by Gasteiger charge is -2.17. The SMILES string of the molecule is COS(=O)(=O)NC1OC(c2ccccc2)OC1c1ccccc1[N+](=O)[O-]. The molecular formula is C16H16N2O7S. The Morgan fingerprint density at radius 3 is 2.38 bits per heavy atom. The van der Waals surface area contributed by atoms with Gasteiger partial charge in [-0.1, -0.05) is 42.5 Å². The molecule has 26 heavy (non-hydrogen) atoms. The maximum Gasteiger partial charge on any atom is 0.337 e. The average molecular weight is 380 g/mol. The van der Waals surface area contributed by atoms with Crippen molar-refractivity contribution in [3.8, 4) is 0 Å². The van der Waals surface area contributed by atoms with Crippen LogP contribution < -0.4 is 4.72 Å². The summed E-state index contributed by atoms with van der Waals surface area (Å²) in [6, 6.07) is 14.8. The van der Waals surface area contributed by atoms with Gasteiger partial charge in [0.05, 0.1) is 17.6 Å². The van der Waals surface area contributed by atoms with Crippen LogP contribution in [-0.2, 0) is 24.0 Å². The first-order valence-corrected chi connectivity index (χ1v) is 8.99. The second-order valence-electron chi connectivity index (χ2n) is 5.41. The minimum absolute atomic E-state index is 0.194. The molecule has 9 nitrogen and oxygen atoms in total. The van der Waals surface area contributed by atoms with Crippen LogP contribution in [0.4, 0.5) is 5.69 Å². The van der Waals surface area contributed by atoms with Crippen molar-refractivity contribution in [2.24, 2.45) is 0 Å². The number of nitro benzene ring substituents is 1. The molecule has 1 N–H and O–H groups in total. The van der Waals surface area contributed by atoms with Gasteiger partial charge in [-0.25, -0.2) is 0 Å². The van der Waals surface area contributed by atoms with E-state index in [-0.39, 0.29) is 11.3 Å². The average Bonchev–Trinajstić information content (AvgIpc) is 3.05.